The van der Waals surface area contributed by atoms with Crippen molar-refractivity contribution < 1.29 is 19.4 Å². The molecule has 1 aromatic rings. The molecule has 3 rings (SSSR count). The Morgan fingerprint density at radius 3 is 2.45 bits per heavy atom. The Kier molecular flexibility index (Phi) is 3.34. The monoisotopic (exact) mass is 274 g/mol. The van der Waals surface area contributed by atoms with Gasteiger partial charge in [0.05, 0.1) is 0 Å². The Labute approximate surface area is 117 Å². The van der Waals surface area contributed by atoms with E-state index in [9.17, 15) is 14.7 Å². The number of hydrogen-bond donors (Lipinski definition) is 1. The lowest BCUT2D eigenvalue weighted by atomic mass is 9.75. The normalized spacial score (nSPS) is 30.8. The number of carbonyl (C=O) groups is 2. The first-order valence-electron chi connectivity index (χ1n) is 7.15. The second-order valence-electron chi connectivity index (χ2n) is 5.76. The third-order valence-electron chi connectivity index (χ3n) is 4.60. The molecule has 0 aromatic heterocycles. The molecule has 0 amide bonds. The third kappa shape index (κ3) is 2.04. The highest BCUT2D eigenvalue weighted by Crippen LogP contribution is 2.44. The molecule has 106 valence electrons. The molecule has 1 saturated heterocycles. The Balaban J connectivity index is 1.89. The SMILES string of the molecule is O=C1OC(=O)C(O)(C2CCCC2)C1Cc1ccccc1. The van der Waals surface area contributed by atoms with Crippen LogP contribution in [-0.4, -0.2) is 22.6 Å². The van der Waals surface area contributed by atoms with Crippen LogP contribution < -0.4 is 0 Å². The summed E-state index contributed by atoms with van der Waals surface area (Å²) in [6.07, 6.45) is 3.89. The van der Waals surface area contributed by atoms with Gasteiger partial charge in [0.15, 0.2) is 5.60 Å². The first kappa shape index (κ1) is 13.3. The molecule has 2 atom stereocenters. The van der Waals surface area contributed by atoms with Gasteiger partial charge in [0.2, 0.25) is 0 Å². The molecule has 2 unspecified atom stereocenters. The summed E-state index contributed by atoms with van der Waals surface area (Å²) in [5.41, 5.74) is -0.704. The van der Waals surface area contributed by atoms with Crippen molar-refractivity contribution in [3.8, 4) is 0 Å². The van der Waals surface area contributed by atoms with Crippen LogP contribution in [0.25, 0.3) is 0 Å². The van der Waals surface area contributed by atoms with Crippen LogP contribution in [0.5, 0.6) is 0 Å². The molecule has 20 heavy (non-hydrogen) atoms. The molecule has 1 N–H and O–H groups in total. The molecule has 2 aliphatic rings. The van der Waals surface area contributed by atoms with Crippen LogP contribution in [0.1, 0.15) is 31.2 Å². The second kappa shape index (κ2) is 5.02. The Morgan fingerprint density at radius 2 is 1.80 bits per heavy atom. The highest BCUT2D eigenvalue weighted by Gasteiger charge is 2.60. The maximum Gasteiger partial charge on any atom is 0.346 e. The minimum absolute atomic E-state index is 0.157. The summed E-state index contributed by atoms with van der Waals surface area (Å²) >= 11 is 0. The summed E-state index contributed by atoms with van der Waals surface area (Å²) in [6, 6.07) is 9.44. The number of aliphatic hydroxyl groups is 1. The fourth-order valence-corrected chi connectivity index (χ4v) is 3.47. The summed E-state index contributed by atoms with van der Waals surface area (Å²) < 4.78 is 4.75. The zero-order valence-electron chi connectivity index (χ0n) is 11.2. The van der Waals surface area contributed by atoms with Crippen LogP contribution >= 0.6 is 0 Å². The minimum Gasteiger partial charge on any atom is -0.391 e. The lowest BCUT2D eigenvalue weighted by molar-refractivity contribution is -0.162. The van der Waals surface area contributed by atoms with Crippen LogP contribution in [0.3, 0.4) is 0 Å². The van der Waals surface area contributed by atoms with E-state index in [4.69, 9.17) is 4.74 Å². The predicted molar refractivity (Wildman–Crippen MR) is 71.6 cm³/mol. The molecule has 0 bridgehead atoms. The number of rotatable bonds is 3. The molecule has 1 aliphatic carbocycles. The number of esters is 2. The third-order valence-corrected chi connectivity index (χ3v) is 4.60. The van der Waals surface area contributed by atoms with Crippen molar-refractivity contribution in [1.82, 2.24) is 0 Å². The molecule has 1 heterocycles. The van der Waals surface area contributed by atoms with E-state index in [1.54, 1.807) is 0 Å². The molecular weight excluding hydrogens is 256 g/mol. The molecule has 0 spiro atoms. The molecular formula is C16H18O4. The average molecular weight is 274 g/mol. The zero-order valence-corrected chi connectivity index (χ0v) is 11.2. The summed E-state index contributed by atoms with van der Waals surface area (Å²) in [6.45, 7) is 0. The van der Waals surface area contributed by atoms with Crippen LogP contribution in [0.2, 0.25) is 0 Å². The Hall–Kier alpha value is -1.68. The number of hydrogen-bond acceptors (Lipinski definition) is 4. The molecule has 4 heteroatoms. The van der Waals surface area contributed by atoms with E-state index in [2.05, 4.69) is 0 Å². The highest BCUT2D eigenvalue weighted by atomic mass is 16.6. The van der Waals surface area contributed by atoms with E-state index in [0.29, 0.717) is 6.42 Å². The van der Waals surface area contributed by atoms with E-state index in [1.165, 1.54) is 0 Å². The minimum atomic E-state index is -1.64. The van der Waals surface area contributed by atoms with Gasteiger partial charge in [0.25, 0.3) is 0 Å². The van der Waals surface area contributed by atoms with Gasteiger partial charge in [-0.2, -0.15) is 0 Å². The zero-order chi connectivity index (χ0) is 14.2. The molecule has 1 aromatic carbocycles. The van der Waals surface area contributed by atoms with Crippen molar-refractivity contribution in [1.29, 1.82) is 0 Å². The van der Waals surface area contributed by atoms with E-state index in [1.807, 2.05) is 30.3 Å². The summed E-state index contributed by atoms with van der Waals surface area (Å²) in [7, 11) is 0. The van der Waals surface area contributed by atoms with E-state index in [-0.39, 0.29) is 5.92 Å². The highest BCUT2D eigenvalue weighted by molar-refractivity contribution is 6.01. The molecule has 4 nitrogen and oxygen atoms in total. The van der Waals surface area contributed by atoms with Crippen molar-refractivity contribution in [2.24, 2.45) is 11.8 Å². The van der Waals surface area contributed by atoms with Gasteiger partial charge < -0.3 is 9.84 Å². The van der Waals surface area contributed by atoms with Crippen LogP contribution in [0.4, 0.5) is 0 Å². The standard InChI is InChI=1S/C16H18O4/c17-14-13(10-11-6-2-1-3-7-11)16(19,15(18)20-14)12-8-4-5-9-12/h1-3,6-7,12-13,19H,4-5,8-10H2. The van der Waals surface area contributed by atoms with Gasteiger partial charge in [0, 0.05) is 0 Å². The summed E-state index contributed by atoms with van der Waals surface area (Å²) in [4.78, 5) is 24.0. The first-order chi connectivity index (χ1) is 9.62. The largest absolute Gasteiger partial charge is 0.391 e. The number of benzene rings is 1. The Bertz CT molecular complexity index is 519. The van der Waals surface area contributed by atoms with Crippen molar-refractivity contribution in [3.63, 3.8) is 0 Å². The molecule has 1 saturated carbocycles. The van der Waals surface area contributed by atoms with Crippen LogP contribution in [0, 0.1) is 11.8 Å². The Morgan fingerprint density at radius 1 is 1.15 bits per heavy atom. The quantitative estimate of drug-likeness (QED) is 0.675. The van der Waals surface area contributed by atoms with Gasteiger partial charge in [0.1, 0.15) is 5.92 Å². The summed E-state index contributed by atoms with van der Waals surface area (Å²) in [5, 5.41) is 10.9. The number of ether oxygens (including phenoxy) is 1. The van der Waals surface area contributed by atoms with E-state index in [0.717, 1.165) is 31.2 Å². The first-order valence-corrected chi connectivity index (χ1v) is 7.15. The van der Waals surface area contributed by atoms with Crippen molar-refractivity contribution in [2.45, 2.75) is 37.7 Å². The molecule has 1 aliphatic heterocycles. The van der Waals surface area contributed by atoms with Crippen LogP contribution in [-0.2, 0) is 20.7 Å². The maximum atomic E-state index is 12.0. The van der Waals surface area contributed by atoms with E-state index >= 15 is 0 Å². The fourth-order valence-electron chi connectivity index (χ4n) is 3.47. The predicted octanol–water partition coefficient (Wildman–Crippen LogP) is 1.85. The van der Waals surface area contributed by atoms with Gasteiger partial charge in [-0.15, -0.1) is 0 Å². The van der Waals surface area contributed by atoms with Gasteiger partial charge >= 0.3 is 11.9 Å². The number of cyclic esters (lactones) is 2. The van der Waals surface area contributed by atoms with Crippen LogP contribution in [0.15, 0.2) is 30.3 Å². The van der Waals surface area contributed by atoms with Crippen molar-refractivity contribution >= 4 is 11.9 Å². The number of carbonyl (C=O) groups excluding carboxylic acids is 2. The average Bonchev–Trinajstić information content (AvgIpc) is 3.05. The fraction of sp³-hybridized carbons (Fsp3) is 0.500. The van der Waals surface area contributed by atoms with Gasteiger partial charge in [-0.25, -0.2) is 4.79 Å². The van der Waals surface area contributed by atoms with Gasteiger partial charge in [-0.3, -0.25) is 4.79 Å². The smallest absolute Gasteiger partial charge is 0.346 e. The summed E-state index contributed by atoms with van der Waals surface area (Å²) in [5.74, 6) is -2.28. The molecule has 0 radical (unpaired) electrons. The van der Waals surface area contributed by atoms with Gasteiger partial charge in [-0.05, 0) is 30.7 Å². The van der Waals surface area contributed by atoms with Crippen molar-refractivity contribution in [3.05, 3.63) is 35.9 Å². The lowest BCUT2D eigenvalue weighted by Gasteiger charge is -2.30. The van der Waals surface area contributed by atoms with Crippen molar-refractivity contribution in [2.75, 3.05) is 0 Å². The lowest BCUT2D eigenvalue weighted by Crippen LogP contribution is -2.48. The molecule has 2 fully saturated rings. The van der Waals surface area contributed by atoms with Gasteiger partial charge in [-0.1, -0.05) is 43.2 Å². The topological polar surface area (TPSA) is 63.6 Å². The second-order valence-corrected chi connectivity index (χ2v) is 5.76. The maximum absolute atomic E-state index is 12.0. The van der Waals surface area contributed by atoms with E-state index < -0.39 is 23.5 Å².